The van der Waals surface area contributed by atoms with E-state index in [4.69, 9.17) is 10.6 Å². The third-order valence-corrected chi connectivity index (χ3v) is 2.79. The predicted molar refractivity (Wildman–Crippen MR) is 70.7 cm³/mol. The predicted octanol–water partition coefficient (Wildman–Crippen LogP) is 3.14. The average Bonchev–Trinajstić information content (AvgIpc) is 2.46. The lowest BCUT2D eigenvalue weighted by atomic mass is 10.2. The van der Waals surface area contributed by atoms with Crippen LogP contribution in [0.2, 0.25) is 0 Å². The molecule has 0 radical (unpaired) electrons. The quantitative estimate of drug-likeness (QED) is 0.670. The van der Waals surface area contributed by atoms with E-state index < -0.39 is 11.7 Å². The van der Waals surface area contributed by atoms with Gasteiger partial charge in [0.05, 0.1) is 11.1 Å². The van der Waals surface area contributed by atoms with E-state index in [0.717, 1.165) is 12.1 Å². The van der Waals surface area contributed by atoms with Crippen LogP contribution in [-0.4, -0.2) is 9.97 Å². The fourth-order valence-corrected chi connectivity index (χ4v) is 1.75. The highest BCUT2D eigenvalue weighted by atomic mass is 19.4. The van der Waals surface area contributed by atoms with Crippen LogP contribution in [-0.2, 0) is 12.6 Å². The van der Waals surface area contributed by atoms with Crippen molar-refractivity contribution in [2.45, 2.75) is 19.5 Å². The van der Waals surface area contributed by atoms with Crippen LogP contribution in [0.5, 0.6) is 11.6 Å². The van der Waals surface area contributed by atoms with Gasteiger partial charge < -0.3 is 10.2 Å². The first-order valence-corrected chi connectivity index (χ1v) is 6.11. The van der Waals surface area contributed by atoms with Gasteiger partial charge in [-0.05, 0) is 30.7 Å². The van der Waals surface area contributed by atoms with Crippen molar-refractivity contribution in [1.29, 1.82) is 0 Å². The maximum atomic E-state index is 12.5. The number of anilines is 1. The lowest BCUT2D eigenvalue weighted by molar-refractivity contribution is -0.137. The summed E-state index contributed by atoms with van der Waals surface area (Å²) in [6.07, 6.45) is -2.57. The van der Waals surface area contributed by atoms with E-state index in [1.807, 2.05) is 6.92 Å². The molecule has 0 atom stereocenters. The first-order valence-electron chi connectivity index (χ1n) is 6.11. The smallest absolute Gasteiger partial charge is 0.416 e. The molecule has 0 aliphatic rings. The Labute approximate surface area is 118 Å². The van der Waals surface area contributed by atoms with Gasteiger partial charge in [0.15, 0.2) is 0 Å². The number of hydrogen-bond donors (Lipinski definition) is 2. The van der Waals surface area contributed by atoms with Gasteiger partial charge in [-0.15, -0.1) is 0 Å². The van der Waals surface area contributed by atoms with Crippen molar-refractivity contribution in [3.05, 3.63) is 41.7 Å². The highest BCUT2D eigenvalue weighted by molar-refractivity contribution is 5.48. The van der Waals surface area contributed by atoms with Gasteiger partial charge in [-0.25, -0.2) is 15.8 Å². The highest BCUT2D eigenvalue weighted by Gasteiger charge is 2.30. The lowest BCUT2D eigenvalue weighted by Crippen LogP contribution is -2.12. The molecule has 0 saturated carbocycles. The summed E-state index contributed by atoms with van der Waals surface area (Å²) >= 11 is 0. The van der Waals surface area contributed by atoms with Gasteiger partial charge in [0, 0.05) is 0 Å². The molecule has 5 nitrogen and oxygen atoms in total. The standard InChI is InChI=1S/C13H13F3N4O/c1-2-10-11(20-17)18-7-19-12(10)21-9-5-3-8(4-6-9)13(14,15)16/h3-7H,2,17H2,1H3,(H,18,19,20). The monoisotopic (exact) mass is 298 g/mol. The van der Waals surface area contributed by atoms with Crippen LogP contribution < -0.4 is 16.0 Å². The number of nitrogen functional groups attached to an aromatic ring is 1. The van der Waals surface area contributed by atoms with Crippen molar-refractivity contribution in [1.82, 2.24) is 9.97 Å². The minimum atomic E-state index is -4.38. The molecular formula is C13H13F3N4O. The number of hydrogen-bond acceptors (Lipinski definition) is 5. The summed E-state index contributed by atoms with van der Waals surface area (Å²) in [5, 5.41) is 0. The van der Waals surface area contributed by atoms with Gasteiger partial charge in [0.1, 0.15) is 17.9 Å². The van der Waals surface area contributed by atoms with Crippen LogP contribution in [0.4, 0.5) is 19.0 Å². The third-order valence-electron chi connectivity index (χ3n) is 2.79. The van der Waals surface area contributed by atoms with Crippen LogP contribution in [0.15, 0.2) is 30.6 Å². The molecule has 1 aromatic carbocycles. The summed E-state index contributed by atoms with van der Waals surface area (Å²) in [5.41, 5.74) is 2.32. The minimum absolute atomic E-state index is 0.249. The maximum Gasteiger partial charge on any atom is 0.416 e. The fourth-order valence-electron chi connectivity index (χ4n) is 1.75. The van der Waals surface area contributed by atoms with Crippen molar-refractivity contribution in [3.63, 3.8) is 0 Å². The van der Waals surface area contributed by atoms with E-state index in [0.29, 0.717) is 17.8 Å². The molecule has 0 fully saturated rings. The molecule has 0 bridgehead atoms. The Morgan fingerprint density at radius 1 is 1.19 bits per heavy atom. The van der Waals surface area contributed by atoms with Crippen LogP contribution in [0.3, 0.4) is 0 Å². The molecule has 0 saturated heterocycles. The number of ether oxygens (including phenoxy) is 1. The molecule has 0 aliphatic heterocycles. The van der Waals surface area contributed by atoms with Crippen molar-refractivity contribution >= 4 is 5.82 Å². The normalized spacial score (nSPS) is 11.3. The summed E-state index contributed by atoms with van der Waals surface area (Å²) < 4.78 is 42.9. The van der Waals surface area contributed by atoms with E-state index in [1.165, 1.54) is 18.5 Å². The van der Waals surface area contributed by atoms with E-state index in [1.54, 1.807) is 0 Å². The van der Waals surface area contributed by atoms with Crippen molar-refractivity contribution < 1.29 is 17.9 Å². The summed E-state index contributed by atoms with van der Waals surface area (Å²) in [6, 6.07) is 4.37. The van der Waals surface area contributed by atoms with Gasteiger partial charge in [-0.1, -0.05) is 6.92 Å². The summed E-state index contributed by atoms with van der Waals surface area (Å²) in [4.78, 5) is 7.91. The molecule has 1 aromatic heterocycles. The van der Waals surface area contributed by atoms with Crippen LogP contribution in [0.1, 0.15) is 18.1 Å². The zero-order valence-corrected chi connectivity index (χ0v) is 11.1. The molecule has 3 N–H and O–H groups in total. The molecule has 8 heteroatoms. The van der Waals surface area contributed by atoms with Crippen molar-refractivity contribution in [2.75, 3.05) is 5.43 Å². The molecule has 0 unspecified atom stereocenters. The summed E-state index contributed by atoms with van der Waals surface area (Å²) in [5.74, 6) is 6.25. The van der Waals surface area contributed by atoms with E-state index in [2.05, 4.69) is 15.4 Å². The number of nitrogens with zero attached hydrogens (tertiary/aromatic N) is 2. The zero-order valence-electron chi connectivity index (χ0n) is 11.1. The minimum Gasteiger partial charge on any atom is -0.439 e. The molecule has 0 spiro atoms. The zero-order chi connectivity index (χ0) is 15.5. The summed E-state index contributed by atoms with van der Waals surface area (Å²) in [7, 11) is 0. The van der Waals surface area contributed by atoms with Gasteiger partial charge >= 0.3 is 6.18 Å². The first-order chi connectivity index (χ1) is 9.95. The molecule has 21 heavy (non-hydrogen) atoms. The number of nitrogens with two attached hydrogens (primary N) is 1. The number of benzene rings is 1. The van der Waals surface area contributed by atoms with Crippen LogP contribution in [0.25, 0.3) is 0 Å². The maximum absolute atomic E-state index is 12.5. The van der Waals surface area contributed by atoms with E-state index in [9.17, 15) is 13.2 Å². The number of aromatic nitrogens is 2. The number of nitrogens with one attached hydrogen (secondary N) is 1. The lowest BCUT2D eigenvalue weighted by Gasteiger charge is -2.12. The Kier molecular flexibility index (Phi) is 4.27. The molecular weight excluding hydrogens is 285 g/mol. The second-order valence-electron chi connectivity index (χ2n) is 4.13. The van der Waals surface area contributed by atoms with E-state index in [-0.39, 0.29) is 11.6 Å². The Morgan fingerprint density at radius 3 is 2.38 bits per heavy atom. The van der Waals surface area contributed by atoms with Crippen molar-refractivity contribution in [2.24, 2.45) is 5.84 Å². The molecule has 2 aromatic rings. The Bertz CT molecular complexity index is 614. The van der Waals surface area contributed by atoms with E-state index >= 15 is 0 Å². The molecule has 0 amide bonds. The average molecular weight is 298 g/mol. The molecule has 112 valence electrons. The topological polar surface area (TPSA) is 73.1 Å². The van der Waals surface area contributed by atoms with Crippen LogP contribution in [0, 0.1) is 0 Å². The number of alkyl halides is 3. The van der Waals surface area contributed by atoms with Gasteiger partial charge in [-0.3, -0.25) is 0 Å². The SMILES string of the molecule is CCc1c(NN)ncnc1Oc1ccc(C(F)(F)F)cc1. The second-order valence-corrected chi connectivity index (χ2v) is 4.13. The van der Waals surface area contributed by atoms with Gasteiger partial charge in [-0.2, -0.15) is 13.2 Å². The largest absolute Gasteiger partial charge is 0.439 e. The van der Waals surface area contributed by atoms with Crippen molar-refractivity contribution in [3.8, 4) is 11.6 Å². The number of halogens is 3. The van der Waals surface area contributed by atoms with Gasteiger partial charge in [0.25, 0.3) is 0 Å². The fraction of sp³-hybridized carbons (Fsp3) is 0.231. The first kappa shape index (κ1) is 15.0. The number of hydrazine groups is 1. The second kappa shape index (κ2) is 5.96. The Hall–Kier alpha value is -2.35. The Balaban J connectivity index is 2.26. The molecule has 2 rings (SSSR count). The van der Waals surface area contributed by atoms with Gasteiger partial charge in [0.2, 0.25) is 5.88 Å². The summed E-state index contributed by atoms with van der Waals surface area (Å²) in [6.45, 7) is 1.86. The third kappa shape index (κ3) is 3.40. The Morgan fingerprint density at radius 2 is 1.86 bits per heavy atom. The van der Waals surface area contributed by atoms with Crippen LogP contribution >= 0.6 is 0 Å². The molecule has 0 aliphatic carbocycles. The molecule has 1 heterocycles. The number of rotatable bonds is 4. The highest BCUT2D eigenvalue weighted by Crippen LogP contribution is 2.32.